The normalized spacial score (nSPS) is 10.4. The number of ether oxygens (including phenoxy) is 1. The molecule has 1 heterocycles. The summed E-state index contributed by atoms with van der Waals surface area (Å²) in [6.07, 6.45) is 1.48. The Morgan fingerprint density at radius 3 is 2.75 bits per heavy atom. The number of carbonyl (C=O) groups is 1. The minimum absolute atomic E-state index is 0.129. The summed E-state index contributed by atoms with van der Waals surface area (Å²) in [6, 6.07) is 13.0. The van der Waals surface area contributed by atoms with Crippen LogP contribution in [0, 0.1) is 5.82 Å². The maximum absolute atomic E-state index is 13.2. The molecule has 0 fully saturated rings. The second kappa shape index (κ2) is 6.95. The predicted octanol–water partition coefficient (Wildman–Crippen LogP) is 4.02. The number of nitrogens with one attached hydrogen (secondary N) is 1. The lowest BCUT2D eigenvalue weighted by molar-refractivity contribution is -0.114. The second-order valence-corrected chi connectivity index (χ2v) is 5.15. The summed E-state index contributed by atoms with van der Waals surface area (Å²) in [4.78, 5) is 15.2. The Kier molecular flexibility index (Phi) is 4.56. The predicted molar refractivity (Wildman–Crippen MR) is 87.0 cm³/mol. The molecule has 1 amide bonds. The summed E-state index contributed by atoms with van der Waals surface area (Å²) in [6.45, 7) is 1.67. The van der Waals surface area contributed by atoms with Gasteiger partial charge < -0.3 is 14.5 Å². The molecule has 24 heavy (non-hydrogen) atoms. The standard InChI is InChI=1S/C18H15FN2O3/c1-12(22)20-15-5-7-17(8-6-15)23-10-16-11-24-18(21-16)13-3-2-4-14(19)9-13/h2-9,11H,10H2,1H3,(H,20,22). The van der Waals surface area contributed by atoms with E-state index >= 15 is 0 Å². The zero-order valence-electron chi connectivity index (χ0n) is 13.0. The number of halogens is 1. The van der Waals surface area contributed by atoms with Crippen LogP contribution in [-0.4, -0.2) is 10.9 Å². The van der Waals surface area contributed by atoms with Crippen LogP contribution in [0.1, 0.15) is 12.6 Å². The van der Waals surface area contributed by atoms with E-state index < -0.39 is 0 Å². The van der Waals surface area contributed by atoms with E-state index in [9.17, 15) is 9.18 Å². The van der Waals surface area contributed by atoms with E-state index in [1.165, 1.54) is 25.3 Å². The van der Waals surface area contributed by atoms with Gasteiger partial charge in [-0.15, -0.1) is 0 Å². The van der Waals surface area contributed by atoms with Crippen molar-refractivity contribution in [2.24, 2.45) is 0 Å². The largest absolute Gasteiger partial charge is 0.487 e. The highest BCUT2D eigenvalue weighted by atomic mass is 19.1. The molecule has 0 spiro atoms. The Bertz CT molecular complexity index is 843. The van der Waals surface area contributed by atoms with Crippen LogP contribution in [-0.2, 0) is 11.4 Å². The third-order valence-electron chi connectivity index (χ3n) is 3.18. The van der Waals surface area contributed by atoms with Crippen LogP contribution in [0.4, 0.5) is 10.1 Å². The van der Waals surface area contributed by atoms with Crippen molar-refractivity contribution in [1.82, 2.24) is 4.98 Å². The summed E-state index contributed by atoms with van der Waals surface area (Å²) in [5.74, 6) is 0.507. The molecule has 0 aliphatic heterocycles. The highest BCUT2D eigenvalue weighted by Gasteiger charge is 2.08. The molecule has 1 aromatic heterocycles. The first-order chi connectivity index (χ1) is 11.6. The number of benzene rings is 2. The zero-order chi connectivity index (χ0) is 16.9. The lowest BCUT2D eigenvalue weighted by Crippen LogP contribution is -2.05. The number of nitrogens with zero attached hydrogens (tertiary/aromatic N) is 1. The summed E-state index contributed by atoms with van der Waals surface area (Å²) in [7, 11) is 0. The maximum atomic E-state index is 13.2. The Morgan fingerprint density at radius 1 is 1.25 bits per heavy atom. The Labute approximate surface area is 138 Å². The number of hydrogen-bond donors (Lipinski definition) is 1. The van der Waals surface area contributed by atoms with Crippen molar-refractivity contribution in [2.75, 3.05) is 5.32 Å². The molecule has 5 nitrogen and oxygen atoms in total. The smallest absolute Gasteiger partial charge is 0.226 e. The Balaban J connectivity index is 1.62. The van der Waals surface area contributed by atoms with Gasteiger partial charge in [0.05, 0.1) is 0 Å². The number of oxazole rings is 1. The molecule has 2 aromatic carbocycles. The van der Waals surface area contributed by atoms with Crippen molar-refractivity contribution < 1.29 is 18.3 Å². The molecule has 122 valence electrons. The van der Waals surface area contributed by atoms with Crippen molar-refractivity contribution >= 4 is 11.6 Å². The molecule has 0 aliphatic carbocycles. The van der Waals surface area contributed by atoms with Gasteiger partial charge in [0.25, 0.3) is 0 Å². The fraction of sp³-hybridized carbons (Fsp3) is 0.111. The average Bonchev–Trinajstić information content (AvgIpc) is 3.03. The molecule has 3 rings (SSSR count). The van der Waals surface area contributed by atoms with Gasteiger partial charge in [-0.3, -0.25) is 4.79 Å². The summed E-state index contributed by atoms with van der Waals surface area (Å²) < 4.78 is 24.2. The first kappa shape index (κ1) is 15.7. The van der Waals surface area contributed by atoms with Crippen LogP contribution < -0.4 is 10.1 Å². The van der Waals surface area contributed by atoms with Crippen LogP contribution in [0.15, 0.2) is 59.2 Å². The van der Waals surface area contributed by atoms with Crippen molar-refractivity contribution in [1.29, 1.82) is 0 Å². The molecular weight excluding hydrogens is 311 g/mol. The van der Waals surface area contributed by atoms with E-state index in [4.69, 9.17) is 9.15 Å². The molecule has 6 heteroatoms. The van der Waals surface area contributed by atoms with Gasteiger partial charge in [0, 0.05) is 18.2 Å². The molecule has 0 aliphatic rings. The Morgan fingerprint density at radius 2 is 2.04 bits per heavy atom. The van der Waals surface area contributed by atoms with Gasteiger partial charge in [-0.25, -0.2) is 9.37 Å². The topological polar surface area (TPSA) is 64.4 Å². The lowest BCUT2D eigenvalue weighted by Gasteiger charge is -2.05. The summed E-state index contributed by atoms with van der Waals surface area (Å²) in [5.41, 5.74) is 1.87. The summed E-state index contributed by atoms with van der Waals surface area (Å²) in [5, 5.41) is 2.68. The SMILES string of the molecule is CC(=O)Nc1ccc(OCc2coc(-c3cccc(F)c3)n2)cc1. The van der Waals surface area contributed by atoms with Gasteiger partial charge in [0.15, 0.2) is 0 Å². The molecule has 0 atom stereocenters. The minimum atomic E-state index is -0.345. The number of carbonyl (C=O) groups excluding carboxylic acids is 1. The molecule has 1 N–H and O–H groups in total. The number of rotatable bonds is 5. The van der Waals surface area contributed by atoms with Crippen LogP contribution in [0.3, 0.4) is 0 Å². The van der Waals surface area contributed by atoms with Crippen LogP contribution in [0.25, 0.3) is 11.5 Å². The van der Waals surface area contributed by atoms with Gasteiger partial charge in [-0.05, 0) is 42.5 Å². The first-order valence-electron chi connectivity index (χ1n) is 7.31. The van der Waals surface area contributed by atoms with E-state index in [2.05, 4.69) is 10.3 Å². The number of anilines is 1. The van der Waals surface area contributed by atoms with Crippen molar-refractivity contribution in [3.8, 4) is 17.2 Å². The molecule has 3 aromatic rings. The van der Waals surface area contributed by atoms with Crippen molar-refractivity contribution in [3.63, 3.8) is 0 Å². The van der Waals surface area contributed by atoms with E-state index in [0.29, 0.717) is 28.6 Å². The number of amides is 1. The first-order valence-corrected chi connectivity index (χ1v) is 7.31. The van der Waals surface area contributed by atoms with Crippen LogP contribution in [0.5, 0.6) is 5.75 Å². The van der Waals surface area contributed by atoms with Crippen molar-refractivity contribution in [2.45, 2.75) is 13.5 Å². The highest BCUT2D eigenvalue weighted by molar-refractivity contribution is 5.88. The molecule has 0 unspecified atom stereocenters. The van der Waals surface area contributed by atoms with Gasteiger partial charge in [0.1, 0.15) is 30.1 Å². The Hall–Kier alpha value is -3.15. The number of aromatic nitrogens is 1. The van der Waals surface area contributed by atoms with Crippen LogP contribution >= 0.6 is 0 Å². The lowest BCUT2D eigenvalue weighted by atomic mass is 10.2. The van der Waals surface area contributed by atoms with Crippen molar-refractivity contribution in [3.05, 3.63) is 66.3 Å². The fourth-order valence-electron chi connectivity index (χ4n) is 2.12. The average molecular weight is 326 g/mol. The molecule has 0 saturated carbocycles. The van der Waals surface area contributed by atoms with Gasteiger partial charge >= 0.3 is 0 Å². The van der Waals surface area contributed by atoms with E-state index in [-0.39, 0.29) is 18.3 Å². The monoisotopic (exact) mass is 326 g/mol. The quantitative estimate of drug-likeness (QED) is 0.769. The van der Waals surface area contributed by atoms with Crippen LogP contribution in [0.2, 0.25) is 0 Å². The number of hydrogen-bond acceptors (Lipinski definition) is 4. The van der Waals surface area contributed by atoms with E-state index in [1.54, 1.807) is 36.4 Å². The third kappa shape index (κ3) is 3.98. The molecule has 0 radical (unpaired) electrons. The maximum Gasteiger partial charge on any atom is 0.226 e. The van der Waals surface area contributed by atoms with E-state index in [0.717, 1.165) is 0 Å². The molecule has 0 saturated heterocycles. The fourth-order valence-corrected chi connectivity index (χ4v) is 2.12. The summed E-state index contributed by atoms with van der Waals surface area (Å²) >= 11 is 0. The minimum Gasteiger partial charge on any atom is -0.487 e. The zero-order valence-corrected chi connectivity index (χ0v) is 13.0. The van der Waals surface area contributed by atoms with E-state index in [1.807, 2.05) is 0 Å². The third-order valence-corrected chi connectivity index (χ3v) is 3.18. The van der Waals surface area contributed by atoms with Gasteiger partial charge in [-0.1, -0.05) is 6.07 Å². The highest BCUT2D eigenvalue weighted by Crippen LogP contribution is 2.21. The van der Waals surface area contributed by atoms with Gasteiger partial charge in [-0.2, -0.15) is 0 Å². The molecular formula is C18H15FN2O3. The molecule has 0 bridgehead atoms. The van der Waals surface area contributed by atoms with Gasteiger partial charge in [0.2, 0.25) is 11.8 Å². The second-order valence-electron chi connectivity index (χ2n) is 5.15.